The lowest BCUT2D eigenvalue weighted by Crippen LogP contribution is -2.38. The maximum atomic E-state index is 11.8. The summed E-state index contributed by atoms with van der Waals surface area (Å²) in [4.78, 5) is 24.2. The third-order valence-corrected chi connectivity index (χ3v) is 3.27. The van der Waals surface area contributed by atoms with Crippen molar-refractivity contribution in [1.29, 1.82) is 0 Å². The van der Waals surface area contributed by atoms with Crippen molar-refractivity contribution in [2.45, 2.75) is 37.8 Å². The molecule has 2 aliphatic rings. The number of piperidine rings is 1. The number of amides is 1. The number of carboxylic acids is 1. The van der Waals surface area contributed by atoms with Crippen molar-refractivity contribution in [3.05, 3.63) is 0 Å². The fraction of sp³-hybridized carbons (Fsp3) is 0.818. The molecule has 0 aromatic carbocycles. The van der Waals surface area contributed by atoms with Crippen LogP contribution in [0.25, 0.3) is 0 Å². The molecule has 6 nitrogen and oxygen atoms in total. The molecule has 0 bridgehead atoms. The lowest BCUT2D eigenvalue weighted by molar-refractivity contribution is -0.139. The van der Waals surface area contributed by atoms with Crippen LogP contribution in [0.15, 0.2) is 0 Å². The lowest BCUT2D eigenvalue weighted by atomic mass is 10.1. The van der Waals surface area contributed by atoms with Crippen LogP contribution in [0.5, 0.6) is 0 Å². The van der Waals surface area contributed by atoms with Crippen molar-refractivity contribution in [3.8, 4) is 0 Å². The van der Waals surface area contributed by atoms with Crippen LogP contribution in [0.1, 0.15) is 25.7 Å². The molecule has 1 unspecified atom stereocenters. The maximum Gasteiger partial charge on any atom is 0.410 e. The van der Waals surface area contributed by atoms with Crippen LogP contribution in [0.4, 0.5) is 4.79 Å². The van der Waals surface area contributed by atoms with Gasteiger partial charge in [-0.3, -0.25) is 4.79 Å². The highest BCUT2D eigenvalue weighted by atomic mass is 16.6. The van der Waals surface area contributed by atoms with E-state index in [9.17, 15) is 9.59 Å². The fourth-order valence-corrected chi connectivity index (χ4v) is 2.27. The number of aliphatic carboxylic acids is 1. The molecule has 17 heavy (non-hydrogen) atoms. The van der Waals surface area contributed by atoms with Gasteiger partial charge in [0.15, 0.2) is 0 Å². The maximum absolute atomic E-state index is 11.8. The normalized spacial score (nSPS) is 29.1. The molecule has 0 saturated carbocycles. The van der Waals surface area contributed by atoms with Crippen LogP contribution < -0.4 is 5.32 Å². The fourth-order valence-electron chi connectivity index (χ4n) is 2.27. The van der Waals surface area contributed by atoms with Crippen LogP contribution in [-0.2, 0) is 9.53 Å². The highest BCUT2D eigenvalue weighted by Gasteiger charge is 2.32. The average molecular weight is 242 g/mol. The van der Waals surface area contributed by atoms with Crippen LogP contribution >= 0.6 is 0 Å². The van der Waals surface area contributed by atoms with Crippen molar-refractivity contribution in [2.24, 2.45) is 0 Å². The van der Waals surface area contributed by atoms with Gasteiger partial charge in [-0.15, -0.1) is 0 Å². The minimum Gasteiger partial charge on any atom is -0.480 e. The van der Waals surface area contributed by atoms with Gasteiger partial charge in [0.25, 0.3) is 0 Å². The Morgan fingerprint density at radius 3 is 2.53 bits per heavy atom. The molecule has 1 amide bonds. The molecule has 0 radical (unpaired) electrons. The van der Waals surface area contributed by atoms with E-state index in [4.69, 9.17) is 9.84 Å². The molecule has 0 aromatic rings. The molecular formula is C11H18N2O4. The Kier molecular flexibility index (Phi) is 3.83. The molecule has 2 saturated heterocycles. The Labute approximate surface area is 99.9 Å². The number of carboxylic acid groups (broad SMARTS) is 1. The average Bonchev–Trinajstić information content (AvgIpc) is 2.79. The third kappa shape index (κ3) is 3.09. The standard InChI is InChI=1S/C11H18N2O4/c14-10(15)9-6-8(7-12-9)17-11(16)13-4-2-1-3-5-13/h8-9,12H,1-7H2,(H,14,15)/t8?,9-/m0/s1. The van der Waals surface area contributed by atoms with E-state index in [0.717, 1.165) is 32.4 Å². The number of nitrogens with one attached hydrogen (secondary N) is 1. The number of carbonyl (C=O) groups excluding carboxylic acids is 1. The second-order valence-electron chi connectivity index (χ2n) is 4.59. The van der Waals surface area contributed by atoms with Crippen molar-refractivity contribution < 1.29 is 19.4 Å². The van der Waals surface area contributed by atoms with E-state index in [1.807, 2.05) is 0 Å². The molecular weight excluding hydrogens is 224 g/mol. The van der Waals surface area contributed by atoms with E-state index in [-0.39, 0.29) is 12.2 Å². The number of hydrogen-bond acceptors (Lipinski definition) is 4. The second-order valence-corrected chi connectivity index (χ2v) is 4.59. The Morgan fingerprint density at radius 2 is 1.94 bits per heavy atom. The van der Waals surface area contributed by atoms with E-state index in [1.54, 1.807) is 4.90 Å². The summed E-state index contributed by atoms with van der Waals surface area (Å²) in [5.74, 6) is -0.887. The van der Waals surface area contributed by atoms with Gasteiger partial charge in [0.1, 0.15) is 12.1 Å². The van der Waals surface area contributed by atoms with Gasteiger partial charge in [-0.05, 0) is 19.3 Å². The molecule has 2 fully saturated rings. The van der Waals surface area contributed by atoms with E-state index >= 15 is 0 Å². The molecule has 0 aliphatic carbocycles. The number of ether oxygens (including phenoxy) is 1. The summed E-state index contributed by atoms with van der Waals surface area (Å²) in [6, 6.07) is -0.589. The molecule has 0 spiro atoms. The highest BCUT2D eigenvalue weighted by Crippen LogP contribution is 2.15. The summed E-state index contributed by atoms with van der Waals surface area (Å²) < 4.78 is 5.29. The first-order chi connectivity index (χ1) is 8.16. The first-order valence-corrected chi connectivity index (χ1v) is 6.08. The van der Waals surface area contributed by atoms with E-state index in [0.29, 0.717) is 13.0 Å². The molecule has 96 valence electrons. The molecule has 6 heteroatoms. The largest absolute Gasteiger partial charge is 0.480 e. The second kappa shape index (κ2) is 5.35. The summed E-state index contributed by atoms with van der Waals surface area (Å²) in [5, 5.41) is 11.6. The predicted octanol–water partition coefficient (Wildman–Crippen LogP) is 0.424. The number of carbonyl (C=O) groups is 2. The Morgan fingerprint density at radius 1 is 1.24 bits per heavy atom. The van der Waals surface area contributed by atoms with Gasteiger partial charge in [0, 0.05) is 26.1 Å². The summed E-state index contributed by atoms with van der Waals surface area (Å²) in [6.07, 6.45) is 2.95. The summed E-state index contributed by atoms with van der Waals surface area (Å²) in [7, 11) is 0. The van der Waals surface area contributed by atoms with Crippen molar-refractivity contribution in [1.82, 2.24) is 10.2 Å². The summed E-state index contributed by atoms with van der Waals surface area (Å²) >= 11 is 0. The quantitative estimate of drug-likeness (QED) is 0.734. The van der Waals surface area contributed by atoms with E-state index < -0.39 is 12.0 Å². The SMILES string of the molecule is O=C(O)[C@@H]1CC(OC(=O)N2CCCCC2)CN1. The number of hydrogen-bond donors (Lipinski definition) is 2. The van der Waals surface area contributed by atoms with Crippen LogP contribution in [0.3, 0.4) is 0 Å². The zero-order chi connectivity index (χ0) is 12.3. The summed E-state index contributed by atoms with van der Waals surface area (Å²) in [5.41, 5.74) is 0. The minimum atomic E-state index is -0.887. The van der Waals surface area contributed by atoms with Crippen molar-refractivity contribution in [3.63, 3.8) is 0 Å². The van der Waals surface area contributed by atoms with Crippen LogP contribution in [-0.4, -0.2) is 53.8 Å². The van der Waals surface area contributed by atoms with Gasteiger partial charge >= 0.3 is 12.1 Å². The van der Waals surface area contributed by atoms with Crippen molar-refractivity contribution >= 4 is 12.1 Å². The van der Waals surface area contributed by atoms with Crippen LogP contribution in [0.2, 0.25) is 0 Å². The first kappa shape index (κ1) is 12.2. The molecule has 2 rings (SSSR count). The van der Waals surface area contributed by atoms with Gasteiger partial charge in [-0.2, -0.15) is 0 Å². The Balaban J connectivity index is 1.77. The van der Waals surface area contributed by atoms with Gasteiger partial charge in [-0.1, -0.05) is 0 Å². The third-order valence-electron chi connectivity index (χ3n) is 3.27. The lowest BCUT2D eigenvalue weighted by Gasteiger charge is -2.27. The molecule has 2 atom stereocenters. The molecule has 2 N–H and O–H groups in total. The Bertz CT molecular complexity index is 302. The van der Waals surface area contributed by atoms with Gasteiger partial charge in [0.05, 0.1) is 0 Å². The number of likely N-dealkylation sites (tertiary alicyclic amines) is 1. The van der Waals surface area contributed by atoms with E-state index in [1.165, 1.54) is 0 Å². The monoisotopic (exact) mass is 242 g/mol. The van der Waals surface area contributed by atoms with Gasteiger partial charge < -0.3 is 20.1 Å². The molecule has 0 aromatic heterocycles. The number of nitrogens with zero attached hydrogens (tertiary/aromatic N) is 1. The van der Waals surface area contributed by atoms with Gasteiger partial charge in [-0.25, -0.2) is 4.79 Å². The molecule has 2 aliphatic heterocycles. The van der Waals surface area contributed by atoms with Gasteiger partial charge in [0.2, 0.25) is 0 Å². The van der Waals surface area contributed by atoms with E-state index in [2.05, 4.69) is 5.32 Å². The summed E-state index contributed by atoms with van der Waals surface area (Å²) in [6.45, 7) is 1.93. The van der Waals surface area contributed by atoms with Crippen molar-refractivity contribution in [2.75, 3.05) is 19.6 Å². The highest BCUT2D eigenvalue weighted by molar-refractivity contribution is 5.74. The van der Waals surface area contributed by atoms with Crippen LogP contribution in [0, 0.1) is 0 Å². The number of rotatable bonds is 2. The molecule has 2 heterocycles. The minimum absolute atomic E-state index is 0.303. The topological polar surface area (TPSA) is 78.9 Å². The zero-order valence-electron chi connectivity index (χ0n) is 9.72. The Hall–Kier alpha value is -1.30. The smallest absolute Gasteiger partial charge is 0.410 e. The zero-order valence-corrected chi connectivity index (χ0v) is 9.72. The first-order valence-electron chi connectivity index (χ1n) is 6.08. The predicted molar refractivity (Wildman–Crippen MR) is 59.7 cm³/mol.